The highest BCUT2D eigenvalue weighted by atomic mass is 35.5. The topological polar surface area (TPSA) is 54.3 Å². The molecule has 5 heteroatoms. The zero-order valence-electron chi connectivity index (χ0n) is 11.4. The molecule has 0 aliphatic heterocycles. The Hall–Kier alpha value is -1.78. The maximum atomic E-state index is 12.3. The van der Waals surface area contributed by atoms with Gasteiger partial charge in [0.25, 0.3) is 5.91 Å². The van der Waals surface area contributed by atoms with Crippen molar-refractivity contribution in [2.45, 2.75) is 12.5 Å². The molecule has 0 saturated carbocycles. The summed E-state index contributed by atoms with van der Waals surface area (Å²) in [5.74, 6) is -0.278. The molecule has 0 fully saturated rings. The maximum absolute atomic E-state index is 12.3. The van der Waals surface area contributed by atoms with Crippen LogP contribution in [0.25, 0.3) is 0 Å². The van der Waals surface area contributed by atoms with E-state index in [0.717, 1.165) is 5.56 Å². The number of rotatable bonds is 4. The molecule has 1 amide bonds. The number of hydrogen-bond acceptors (Lipinski definition) is 2. The molecule has 1 aromatic heterocycles. The maximum Gasteiger partial charge on any atom is 0.268 e. The second-order valence-electron chi connectivity index (χ2n) is 4.96. The lowest BCUT2D eigenvalue weighted by Crippen LogP contribution is -2.46. The molecule has 4 nitrogen and oxygen atoms in total. The summed E-state index contributed by atoms with van der Waals surface area (Å²) >= 11 is 5.88. The molecule has 0 aliphatic rings. The number of carbonyl (C=O) groups is 1. The molecule has 1 aromatic carbocycles. The number of aliphatic hydroxyl groups is 1. The van der Waals surface area contributed by atoms with E-state index in [1.807, 2.05) is 30.3 Å². The Morgan fingerprint density at radius 2 is 2.05 bits per heavy atom. The van der Waals surface area contributed by atoms with E-state index >= 15 is 0 Å². The van der Waals surface area contributed by atoms with Crippen LogP contribution in [-0.2, 0) is 12.6 Å². The van der Waals surface area contributed by atoms with Crippen LogP contribution in [0, 0.1) is 0 Å². The average Bonchev–Trinajstić information content (AvgIpc) is 2.78. The molecule has 0 spiro atoms. The third-order valence-electron chi connectivity index (χ3n) is 3.32. The summed E-state index contributed by atoms with van der Waals surface area (Å²) < 4.78 is 1.65. The highest BCUT2D eigenvalue weighted by molar-refractivity contribution is 6.31. The zero-order valence-corrected chi connectivity index (χ0v) is 12.2. The Labute approximate surface area is 123 Å². The molecule has 20 heavy (non-hydrogen) atoms. The molecular weight excluding hydrogens is 276 g/mol. The summed E-state index contributed by atoms with van der Waals surface area (Å²) in [4.78, 5) is 12.3. The van der Waals surface area contributed by atoms with E-state index in [1.165, 1.54) is 0 Å². The fourth-order valence-corrected chi connectivity index (χ4v) is 2.32. The molecule has 0 bridgehead atoms. The van der Waals surface area contributed by atoms with E-state index in [9.17, 15) is 9.90 Å². The Kier molecular flexibility index (Phi) is 4.16. The SMILES string of the molecule is Cn1cc(Cl)cc1C(=O)NC(C)(CO)c1ccccc1. The van der Waals surface area contributed by atoms with Crippen LogP contribution in [0.2, 0.25) is 5.02 Å². The summed E-state index contributed by atoms with van der Waals surface area (Å²) in [5, 5.41) is 13.0. The monoisotopic (exact) mass is 292 g/mol. The van der Waals surface area contributed by atoms with Gasteiger partial charge in [0.1, 0.15) is 5.69 Å². The number of benzene rings is 1. The van der Waals surface area contributed by atoms with Crippen LogP contribution >= 0.6 is 11.6 Å². The number of halogens is 1. The van der Waals surface area contributed by atoms with E-state index < -0.39 is 5.54 Å². The highest BCUT2D eigenvalue weighted by Crippen LogP contribution is 2.21. The fraction of sp³-hybridized carbons (Fsp3) is 0.267. The summed E-state index contributed by atoms with van der Waals surface area (Å²) in [7, 11) is 1.75. The molecule has 0 saturated heterocycles. The van der Waals surface area contributed by atoms with E-state index in [2.05, 4.69) is 5.32 Å². The van der Waals surface area contributed by atoms with E-state index in [4.69, 9.17) is 11.6 Å². The first-order valence-electron chi connectivity index (χ1n) is 6.27. The molecule has 1 heterocycles. The van der Waals surface area contributed by atoms with Crippen molar-refractivity contribution >= 4 is 17.5 Å². The quantitative estimate of drug-likeness (QED) is 0.908. The summed E-state index contributed by atoms with van der Waals surface area (Å²) in [5.41, 5.74) is 0.455. The van der Waals surface area contributed by atoms with Gasteiger partial charge in [0.15, 0.2) is 0 Å². The van der Waals surface area contributed by atoms with E-state index in [1.54, 1.807) is 30.8 Å². The van der Waals surface area contributed by atoms with Crippen LogP contribution in [0.3, 0.4) is 0 Å². The van der Waals surface area contributed by atoms with E-state index in [0.29, 0.717) is 10.7 Å². The number of hydrogen-bond donors (Lipinski definition) is 2. The summed E-state index contributed by atoms with van der Waals surface area (Å²) in [6, 6.07) is 11.0. The number of aliphatic hydroxyl groups excluding tert-OH is 1. The summed E-state index contributed by atoms with van der Waals surface area (Å²) in [6.07, 6.45) is 1.66. The molecule has 106 valence electrons. The Balaban J connectivity index is 2.26. The number of carbonyl (C=O) groups excluding carboxylic acids is 1. The highest BCUT2D eigenvalue weighted by Gasteiger charge is 2.28. The zero-order chi connectivity index (χ0) is 14.8. The van der Waals surface area contributed by atoms with Crippen LogP contribution in [0.4, 0.5) is 0 Å². The van der Waals surface area contributed by atoms with Gasteiger partial charge in [0.2, 0.25) is 0 Å². The first kappa shape index (κ1) is 14.6. The molecule has 0 aliphatic carbocycles. The first-order chi connectivity index (χ1) is 9.46. The van der Waals surface area contributed by atoms with Gasteiger partial charge >= 0.3 is 0 Å². The third-order valence-corrected chi connectivity index (χ3v) is 3.53. The van der Waals surface area contributed by atoms with Crippen molar-refractivity contribution < 1.29 is 9.90 Å². The Morgan fingerprint density at radius 1 is 1.40 bits per heavy atom. The predicted molar refractivity (Wildman–Crippen MR) is 78.8 cm³/mol. The number of nitrogens with one attached hydrogen (secondary N) is 1. The van der Waals surface area contributed by atoms with Gasteiger partial charge in [0, 0.05) is 13.2 Å². The van der Waals surface area contributed by atoms with Crippen LogP contribution in [0.1, 0.15) is 23.0 Å². The van der Waals surface area contributed by atoms with Crippen LogP contribution in [0.5, 0.6) is 0 Å². The number of amides is 1. The minimum atomic E-state index is -0.838. The van der Waals surface area contributed by atoms with Gasteiger partial charge < -0.3 is 15.0 Å². The van der Waals surface area contributed by atoms with Gasteiger partial charge in [-0.2, -0.15) is 0 Å². The minimum Gasteiger partial charge on any atom is -0.394 e. The van der Waals surface area contributed by atoms with Gasteiger partial charge in [0.05, 0.1) is 17.2 Å². The van der Waals surface area contributed by atoms with Crippen molar-refractivity contribution in [3.8, 4) is 0 Å². The number of aryl methyl sites for hydroxylation is 1. The van der Waals surface area contributed by atoms with Gasteiger partial charge in [-0.15, -0.1) is 0 Å². The van der Waals surface area contributed by atoms with Crippen molar-refractivity contribution in [2.75, 3.05) is 6.61 Å². The first-order valence-corrected chi connectivity index (χ1v) is 6.65. The number of aromatic nitrogens is 1. The van der Waals surface area contributed by atoms with Crippen LogP contribution in [-0.4, -0.2) is 22.2 Å². The minimum absolute atomic E-state index is 0.194. The average molecular weight is 293 g/mol. The second kappa shape index (κ2) is 5.69. The molecule has 1 atom stereocenters. The Morgan fingerprint density at radius 3 is 2.55 bits per heavy atom. The van der Waals surface area contributed by atoms with Gasteiger partial charge in [-0.25, -0.2) is 0 Å². The second-order valence-corrected chi connectivity index (χ2v) is 5.40. The number of nitrogens with zero attached hydrogens (tertiary/aromatic N) is 1. The van der Waals surface area contributed by atoms with Crippen molar-refractivity contribution in [2.24, 2.45) is 7.05 Å². The van der Waals surface area contributed by atoms with E-state index in [-0.39, 0.29) is 12.5 Å². The molecule has 2 N–H and O–H groups in total. The smallest absolute Gasteiger partial charge is 0.268 e. The van der Waals surface area contributed by atoms with Crippen molar-refractivity contribution in [1.82, 2.24) is 9.88 Å². The predicted octanol–water partition coefficient (Wildman–Crippen LogP) is 2.32. The van der Waals surface area contributed by atoms with Gasteiger partial charge in [-0.05, 0) is 18.6 Å². The molecular formula is C15H17ClN2O2. The van der Waals surface area contributed by atoms with Gasteiger partial charge in [-0.3, -0.25) is 4.79 Å². The lowest BCUT2D eigenvalue weighted by Gasteiger charge is -2.29. The van der Waals surface area contributed by atoms with Crippen molar-refractivity contribution in [1.29, 1.82) is 0 Å². The molecule has 0 radical (unpaired) electrons. The largest absolute Gasteiger partial charge is 0.394 e. The normalized spacial score (nSPS) is 13.8. The van der Waals surface area contributed by atoms with Gasteiger partial charge in [-0.1, -0.05) is 41.9 Å². The third kappa shape index (κ3) is 2.86. The Bertz CT molecular complexity index is 610. The lowest BCUT2D eigenvalue weighted by atomic mass is 9.93. The van der Waals surface area contributed by atoms with Crippen molar-refractivity contribution in [3.63, 3.8) is 0 Å². The molecule has 2 rings (SSSR count). The summed E-state index contributed by atoms with van der Waals surface area (Å²) in [6.45, 7) is 1.59. The molecule has 1 unspecified atom stereocenters. The van der Waals surface area contributed by atoms with Crippen molar-refractivity contribution in [3.05, 3.63) is 58.9 Å². The lowest BCUT2D eigenvalue weighted by molar-refractivity contribution is 0.0841. The van der Waals surface area contributed by atoms with Crippen LogP contribution < -0.4 is 5.32 Å². The standard InChI is InChI=1S/C15H17ClN2O2/c1-15(10-19,11-6-4-3-5-7-11)17-14(20)13-8-12(16)9-18(13)2/h3-9,19H,10H2,1-2H3,(H,17,20). The molecule has 2 aromatic rings. The fourth-order valence-electron chi connectivity index (χ4n) is 2.07. The van der Waals surface area contributed by atoms with Crippen LogP contribution in [0.15, 0.2) is 42.6 Å².